The van der Waals surface area contributed by atoms with Gasteiger partial charge >= 0.3 is 0 Å². The van der Waals surface area contributed by atoms with E-state index in [4.69, 9.17) is 27.1 Å². The van der Waals surface area contributed by atoms with Crippen molar-refractivity contribution in [2.75, 3.05) is 24.5 Å². The molecule has 2 saturated heterocycles. The number of anilines is 1. The van der Waals surface area contributed by atoms with Crippen LogP contribution in [0.2, 0.25) is 5.02 Å². The molecule has 7 nitrogen and oxygen atoms in total. The molecule has 5 rings (SSSR count). The number of piperidine rings is 1. The minimum Gasteiger partial charge on any atom is -0.350 e. The summed E-state index contributed by atoms with van der Waals surface area (Å²) < 4.78 is 15.5. The number of hydrogen-bond donors (Lipinski definition) is 1. The molecule has 1 amide bonds. The first-order valence-corrected chi connectivity index (χ1v) is 11.2. The predicted octanol–water partition coefficient (Wildman–Crippen LogP) is 4.43. The number of rotatable bonds is 3. The van der Waals surface area contributed by atoms with Crippen molar-refractivity contribution in [1.29, 1.82) is 5.41 Å². The van der Waals surface area contributed by atoms with Crippen LogP contribution in [0.5, 0.6) is 0 Å². The highest BCUT2D eigenvalue weighted by Crippen LogP contribution is 2.33. The molecule has 0 saturated carbocycles. The Bertz CT molecular complexity index is 1220. The van der Waals surface area contributed by atoms with Crippen LogP contribution in [0.1, 0.15) is 53.3 Å². The number of benzene rings is 1. The molecule has 2 aliphatic rings. The number of likely N-dealkylation sites (tertiary alicyclic amines) is 1. The Labute approximate surface area is 190 Å². The number of aromatic nitrogens is 3. The Morgan fingerprint density at radius 1 is 1.25 bits per heavy atom. The van der Waals surface area contributed by atoms with E-state index in [-0.39, 0.29) is 22.5 Å². The van der Waals surface area contributed by atoms with Gasteiger partial charge in [0.2, 0.25) is 0 Å². The molecule has 1 atom stereocenters. The monoisotopic (exact) mass is 454 g/mol. The Kier molecular flexibility index (Phi) is 5.33. The van der Waals surface area contributed by atoms with Crippen LogP contribution >= 0.6 is 11.6 Å². The van der Waals surface area contributed by atoms with Gasteiger partial charge in [-0.3, -0.25) is 4.79 Å². The number of nitrogens with one attached hydrogen (secondary N) is 1. The lowest BCUT2D eigenvalue weighted by molar-refractivity contribution is 0.0605. The van der Waals surface area contributed by atoms with Gasteiger partial charge in [0, 0.05) is 43.0 Å². The van der Waals surface area contributed by atoms with E-state index >= 15 is 0 Å². The summed E-state index contributed by atoms with van der Waals surface area (Å²) >= 11 is 6.21. The maximum atomic E-state index is 13.8. The number of fused-ring (bicyclic) bond motifs is 1. The molecule has 1 aromatic carbocycles. The molecule has 3 aromatic rings. The first-order chi connectivity index (χ1) is 15.4. The largest absolute Gasteiger partial charge is 0.350 e. The first kappa shape index (κ1) is 20.9. The van der Waals surface area contributed by atoms with Gasteiger partial charge in [-0.25, -0.2) is 13.9 Å². The van der Waals surface area contributed by atoms with E-state index in [0.29, 0.717) is 24.4 Å². The highest BCUT2D eigenvalue weighted by Gasteiger charge is 2.32. The second-order valence-electron chi connectivity index (χ2n) is 8.53. The predicted molar refractivity (Wildman–Crippen MR) is 121 cm³/mol. The average molecular weight is 455 g/mol. The van der Waals surface area contributed by atoms with Crippen molar-refractivity contribution in [2.24, 2.45) is 0 Å². The van der Waals surface area contributed by atoms with E-state index in [1.54, 1.807) is 9.42 Å². The van der Waals surface area contributed by atoms with Crippen molar-refractivity contribution >= 4 is 34.7 Å². The van der Waals surface area contributed by atoms with Crippen molar-refractivity contribution in [1.82, 2.24) is 19.5 Å². The number of carbonyl (C=O) groups excluding carboxylic acids is 1. The minimum absolute atomic E-state index is 0.176. The standard InChI is InChI=1S/C23H24ClFN6O/c1-14-12-31-21(27-22(14)29-9-7-16(26)13-29)11-19(28-31)20-4-2-3-8-30(20)23(32)17-10-15(25)5-6-18(17)24/h5-6,10-12,20,26H,2-4,7-9,13H2,1H3/t20-/m0/s1. The topological polar surface area (TPSA) is 77.6 Å². The molecule has 2 fully saturated rings. The van der Waals surface area contributed by atoms with E-state index in [1.807, 2.05) is 19.2 Å². The van der Waals surface area contributed by atoms with E-state index in [9.17, 15) is 9.18 Å². The molecular weight excluding hydrogens is 431 g/mol. The summed E-state index contributed by atoms with van der Waals surface area (Å²) in [4.78, 5) is 22.0. The van der Waals surface area contributed by atoms with Gasteiger partial charge in [-0.1, -0.05) is 11.6 Å². The smallest absolute Gasteiger partial charge is 0.256 e. The Hall–Kier alpha value is -3.00. The van der Waals surface area contributed by atoms with Gasteiger partial charge < -0.3 is 15.2 Å². The zero-order valence-corrected chi connectivity index (χ0v) is 18.6. The van der Waals surface area contributed by atoms with Crippen molar-refractivity contribution in [2.45, 2.75) is 38.6 Å². The summed E-state index contributed by atoms with van der Waals surface area (Å²) in [5, 5.41) is 12.9. The van der Waals surface area contributed by atoms with E-state index < -0.39 is 5.82 Å². The van der Waals surface area contributed by atoms with Crippen LogP contribution in [0.15, 0.2) is 30.5 Å². The Balaban J connectivity index is 1.49. The van der Waals surface area contributed by atoms with Gasteiger partial charge in [0.25, 0.3) is 5.91 Å². The van der Waals surface area contributed by atoms with E-state index in [2.05, 4.69) is 4.90 Å². The van der Waals surface area contributed by atoms with E-state index in [0.717, 1.165) is 49.3 Å². The number of amides is 1. The number of nitrogens with zero attached hydrogens (tertiary/aromatic N) is 5. The number of carbonyl (C=O) groups is 1. The third-order valence-electron chi connectivity index (χ3n) is 6.25. The van der Waals surface area contributed by atoms with E-state index in [1.165, 1.54) is 18.2 Å². The Morgan fingerprint density at radius 2 is 2.09 bits per heavy atom. The first-order valence-electron chi connectivity index (χ1n) is 10.8. The normalized spacial score (nSPS) is 19.2. The molecule has 32 heavy (non-hydrogen) atoms. The number of halogens is 2. The molecule has 1 N–H and O–H groups in total. The zero-order valence-electron chi connectivity index (χ0n) is 17.8. The van der Waals surface area contributed by atoms with Crippen molar-refractivity contribution in [3.63, 3.8) is 0 Å². The fourth-order valence-electron chi connectivity index (χ4n) is 4.64. The highest BCUT2D eigenvalue weighted by atomic mass is 35.5. The van der Waals surface area contributed by atoms with Crippen LogP contribution in [-0.2, 0) is 0 Å². The zero-order chi connectivity index (χ0) is 22.4. The van der Waals surface area contributed by atoms with Gasteiger partial charge in [0.05, 0.1) is 28.9 Å². The van der Waals surface area contributed by atoms with Gasteiger partial charge in [0.1, 0.15) is 11.6 Å². The SMILES string of the molecule is Cc1cn2nc([C@@H]3CCCCN3C(=O)c3cc(F)ccc3Cl)cc2nc1N1CCC(=N)C1. The van der Waals surface area contributed by atoms with Crippen LogP contribution < -0.4 is 4.90 Å². The van der Waals surface area contributed by atoms with Gasteiger partial charge in [0.15, 0.2) is 5.65 Å². The van der Waals surface area contributed by atoms with Crippen molar-refractivity contribution < 1.29 is 9.18 Å². The van der Waals surface area contributed by atoms with Crippen LogP contribution in [-0.4, -0.2) is 50.8 Å². The quantitative estimate of drug-likeness (QED) is 0.635. The van der Waals surface area contributed by atoms with Crippen LogP contribution in [0, 0.1) is 18.2 Å². The maximum Gasteiger partial charge on any atom is 0.256 e. The minimum atomic E-state index is -0.485. The molecule has 0 spiro atoms. The molecule has 0 bridgehead atoms. The summed E-state index contributed by atoms with van der Waals surface area (Å²) in [6.45, 7) is 3.96. The van der Waals surface area contributed by atoms with Gasteiger partial charge in [-0.05, 0) is 44.4 Å². The van der Waals surface area contributed by atoms with Crippen LogP contribution in [0.4, 0.5) is 10.2 Å². The molecule has 0 aliphatic carbocycles. The van der Waals surface area contributed by atoms with Gasteiger partial charge in [-0.2, -0.15) is 5.10 Å². The third-order valence-corrected chi connectivity index (χ3v) is 6.58. The fraction of sp³-hybridized carbons (Fsp3) is 0.391. The summed E-state index contributed by atoms with van der Waals surface area (Å²) in [5.74, 6) is 0.104. The second kappa shape index (κ2) is 8.16. The molecule has 9 heteroatoms. The lowest BCUT2D eigenvalue weighted by Crippen LogP contribution is -2.38. The summed E-state index contributed by atoms with van der Waals surface area (Å²) in [5.41, 5.74) is 3.36. The van der Waals surface area contributed by atoms with Crippen LogP contribution in [0.25, 0.3) is 5.65 Å². The third kappa shape index (κ3) is 3.72. The lowest BCUT2D eigenvalue weighted by atomic mass is 9.98. The second-order valence-corrected chi connectivity index (χ2v) is 8.94. The molecule has 2 aromatic heterocycles. The van der Waals surface area contributed by atoms with Crippen molar-refractivity contribution in [3.05, 3.63) is 58.1 Å². The maximum absolute atomic E-state index is 13.8. The molecule has 0 radical (unpaired) electrons. The summed E-state index contributed by atoms with van der Waals surface area (Å²) in [6, 6.07) is 5.57. The van der Waals surface area contributed by atoms with Crippen LogP contribution in [0.3, 0.4) is 0 Å². The lowest BCUT2D eigenvalue weighted by Gasteiger charge is -2.35. The van der Waals surface area contributed by atoms with Gasteiger partial charge in [-0.15, -0.1) is 0 Å². The number of aryl methyl sites for hydroxylation is 1. The molecule has 4 heterocycles. The molecule has 166 valence electrons. The summed E-state index contributed by atoms with van der Waals surface area (Å²) in [7, 11) is 0. The highest BCUT2D eigenvalue weighted by molar-refractivity contribution is 6.33. The fourth-order valence-corrected chi connectivity index (χ4v) is 4.84. The average Bonchev–Trinajstić information content (AvgIpc) is 3.40. The summed E-state index contributed by atoms with van der Waals surface area (Å²) in [6.07, 6.45) is 5.34. The number of hydrogen-bond acceptors (Lipinski definition) is 5. The Morgan fingerprint density at radius 3 is 2.88 bits per heavy atom. The molecular formula is C23H24ClFN6O. The van der Waals surface area contributed by atoms with Crippen molar-refractivity contribution in [3.8, 4) is 0 Å². The molecule has 0 unspecified atom stereocenters. The molecule has 2 aliphatic heterocycles.